The highest BCUT2D eigenvalue weighted by molar-refractivity contribution is 5.91. The van der Waals surface area contributed by atoms with Crippen LogP contribution < -0.4 is 11.1 Å². The van der Waals surface area contributed by atoms with E-state index in [9.17, 15) is 9.18 Å². The first-order valence-electron chi connectivity index (χ1n) is 5.61. The molecule has 20 heavy (non-hydrogen) atoms. The first-order chi connectivity index (χ1) is 9.51. The minimum absolute atomic E-state index is 0.0377. The number of nitrogen functional groups attached to an aromatic ring is 1. The lowest BCUT2D eigenvalue weighted by atomic mass is 10.1. The summed E-state index contributed by atoms with van der Waals surface area (Å²) in [7, 11) is 0. The van der Waals surface area contributed by atoms with Crippen LogP contribution in [0.2, 0.25) is 0 Å². The number of carboxylic acids is 1. The second kappa shape index (κ2) is 5.28. The molecule has 100 valence electrons. The molecule has 0 aliphatic carbocycles. The Hall–Kier alpha value is -3.07. The van der Waals surface area contributed by atoms with E-state index in [0.717, 1.165) is 6.07 Å². The quantitative estimate of drug-likeness (QED) is 0.745. The molecule has 0 saturated heterocycles. The maximum absolute atomic E-state index is 13.7. The van der Waals surface area contributed by atoms with Gasteiger partial charge >= 0.3 is 5.97 Å². The molecular formula is C14H10FN3O2. The number of benzene rings is 2. The van der Waals surface area contributed by atoms with Crippen LogP contribution in [0.5, 0.6) is 0 Å². The largest absolute Gasteiger partial charge is 0.478 e. The molecule has 6 heteroatoms. The fourth-order valence-corrected chi connectivity index (χ4v) is 1.63. The Bertz CT molecular complexity index is 723. The minimum atomic E-state index is -1.10. The lowest BCUT2D eigenvalue weighted by Gasteiger charge is -2.11. The molecule has 0 radical (unpaired) electrons. The third-order valence-corrected chi connectivity index (χ3v) is 2.67. The summed E-state index contributed by atoms with van der Waals surface area (Å²) in [6.07, 6.45) is 0. The molecular weight excluding hydrogens is 261 g/mol. The molecule has 0 atom stereocenters. The molecule has 0 unspecified atom stereocenters. The molecule has 0 aliphatic rings. The van der Waals surface area contributed by atoms with Crippen molar-refractivity contribution in [1.29, 1.82) is 5.26 Å². The van der Waals surface area contributed by atoms with Crippen LogP contribution in [0.15, 0.2) is 36.4 Å². The Balaban J connectivity index is 2.37. The number of hydrogen-bond acceptors (Lipinski definition) is 4. The van der Waals surface area contributed by atoms with Crippen molar-refractivity contribution >= 4 is 23.0 Å². The first kappa shape index (κ1) is 13.4. The van der Waals surface area contributed by atoms with Gasteiger partial charge in [-0.05, 0) is 36.4 Å². The van der Waals surface area contributed by atoms with Gasteiger partial charge in [0, 0.05) is 0 Å². The summed E-state index contributed by atoms with van der Waals surface area (Å²) in [4.78, 5) is 10.9. The van der Waals surface area contributed by atoms with Crippen molar-refractivity contribution < 1.29 is 14.3 Å². The number of hydrogen-bond donors (Lipinski definition) is 3. The van der Waals surface area contributed by atoms with Crippen molar-refractivity contribution in [2.75, 3.05) is 11.1 Å². The Morgan fingerprint density at radius 3 is 2.60 bits per heavy atom. The van der Waals surface area contributed by atoms with Gasteiger partial charge < -0.3 is 16.2 Å². The smallest absolute Gasteiger partial charge is 0.335 e. The molecule has 0 fully saturated rings. The van der Waals surface area contributed by atoms with Gasteiger partial charge in [-0.2, -0.15) is 5.26 Å². The summed E-state index contributed by atoms with van der Waals surface area (Å²) in [5.74, 6) is -1.72. The van der Waals surface area contributed by atoms with E-state index >= 15 is 0 Å². The zero-order valence-corrected chi connectivity index (χ0v) is 10.2. The Morgan fingerprint density at radius 2 is 2.00 bits per heavy atom. The van der Waals surface area contributed by atoms with Gasteiger partial charge in [-0.3, -0.25) is 0 Å². The number of aromatic carboxylic acids is 1. The molecule has 0 amide bonds. The van der Waals surface area contributed by atoms with Crippen molar-refractivity contribution in [3.63, 3.8) is 0 Å². The molecule has 0 heterocycles. The zero-order valence-electron chi connectivity index (χ0n) is 10.2. The average molecular weight is 271 g/mol. The number of carboxylic acid groups (broad SMARTS) is 1. The number of halogens is 1. The second-order valence-electron chi connectivity index (χ2n) is 4.04. The Morgan fingerprint density at radius 1 is 1.25 bits per heavy atom. The van der Waals surface area contributed by atoms with E-state index in [0.29, 0.717) is 5.69 Å². The molecule has 2 aromatic carbocycles. The minimum Gasteiger partial charge on any atom is -0.478 e. The van der Waals surface area contributed by atoms with Crippen LogP contribution in [-0.2, 0) is 0 Å². The van der Waals surface area contributed by atoms with Crippen molar-refractivity contribution in [2.45, 2.75) is 0 Å². The molecule has 2 rings (SSSR count). The topological polar surface area (TPSA) is 99.1 Å². The van der Waals surface area contributed by atoms with Crippen LogP contribution in [0, 0.1) is 17.1 Å². The lowest BCUT2D eigenvalue weighted by Crippen LogP contribution is -2.02. The number of carbonyl (C=O) groups is 1. The van der Waals surface area contributed by atoms with Gasteiger partial charge in [-0.15, -0.1) is 0 Å². The van der Waals surface area contributed by atoms with Gasteiger partial charge in [0.2, 0.25) is 0 Å². The standard InChI is InChI=1S/C14H10FN3O2/c15-10-5-8(7-16)1-4-12(10)18-13-6-9(14(19)20)2-3-11(13)17/h1-6,18H,17H2,(H,19,20). The maximum atomic E-state index is 13.7. The third-order valence-electron chi connectivity index (χ3n) is 2.67. The second-order valence-corrected chi connectivity index (χ2v) is 4.04. The van der Waals surface area contributed by atoms with Gasteiger partial charge in [0.1, 0.15) is 5.82 Å². The summed E-state index contributed by atoms with van der Waals surface area (Å²) in [5, 5.41) is 20.3. The van der Waals surface area contributed by atoms with Crippen LogP contribution in [0.3, 0.4) is 0 Å². The van der Waals surface area contributed by atoms with Crippen molar-refractivity contribution in [3.05, 3.63) is 53.3 Å². The maximum Gasteiger partial charge on any atom is 0.335 e. The van der Waals surface area contributed by atoms with E-state index < -0.39 is 11.8 Å². The molecule has 5 nitrogen and oxygen atoms in total. The van der Waals surface area contributed by atoms with E-state index in [1.54, 1.807) is 0 Å². The van der Waals surface area contributed by atoms with Gasteiger partial charge in [0.25, 0.3) is 0 Å². The number of nitrogens with one attached hydrogen (secondary N) is 1. The van der Waals surface area contributed by atoms with E-state index in [4.69, 9.17) is 16.1 Å². The summed E-state index contributed by atoms with van der Waals surface area (Å²) < 4.78 is 13.7. The molecule has 0 spiro atoms. The predicted molar refractivity (Wildman–Crippen MR) is 72.2 cm³/mol. The highest BCUT2D eigenvalue weighted by Crippen LogP contribution is 2.26. The van der Waals surface area contributed by atoms with E-state index in [1.165, 1.54) is 30.3 Å². The fourth-order valence-electron chi connectivity index (χ4n) is 1.63. The monoisotopic (exact) mass is 271 g/mol. The van der Waals surface area contributed by atoms with Crippen LogP contribution in [0.4, 0.5) is 21.5 Å². The molecule has 4 N–H and O–H groups in total. The molecule has 2 aromatic rings. The molecule has 0 aromatic heterocycles. The normalized spacial score (nSPS) is 9.80. The SMILES string of the molecule is N#Cc1ccc(Nc2cc(C(=O)O)ccc2N)c(F)c1. The number of nitrogens with two attached hydrogens (primary N) is 1. The number of anilines is 3. The summed E-state index contributed by atoms with van der Waals surface area (Å²) in [6.45, 7) is 0. The van der Waals surface area contributed by atoms with E-state index in [-0.39, 0.29) is 22.5 Å². The molecule has 0 bridgehead atoms. The third kappa shape index (κ3) is 2.67. The Labute approximate surface area is 114 Å². The van der Waals surface area contributed by atoms with Gasteiger partial charge in [0.05, 0.1) is 34.3 Å². The van der Waals surface area contributed by atoms with Crippen LogP contribution >= 0.6 is 0 Å². The fraction of sp³-hybridized carbons (Fsp3) is 0. The predicted octanol–water partition coefficient (Wildman–Crippen LogP) is 2.72. The lowest BCUT2D eigenvalue weighted by molar-refractivity contribution is 0.0697. The summed E-state index contributed by atoms with van der Waals surface area (Å²) in [6, 6.07) is 9.84. The number of nitriles is 1. The molecule has 0 saturated carbocycles. The average Bonchev–Trinajstić information content (AvgIpc) is 2.42. The molecule has 0 aliphatic heterocycles. The van der Waals surface area contributed by atoms with Crippen LogP contribution in [-0.4, -0.2) is 11.1 Å². The van der Waals surface area contributed by atoms with Crippen molar-refractivity contribution in [1.82, 2.24) is 0 Å². The van der Waals surface area contributed by atoms with Crippen LogP contribution in [0.1, 0.15) is 15.9 Å². The number of rotatable bonds is 3. The van der Waals surface area contributed by atoms with Crippen molar-refractivity contribution in [3.8, 4) is 6.07 Å². The van der Waals surface area contributed by atoms with Gasteiger partial charge in [-0.25, -0.2) is 9.18 Å². The van der Waals surface area contributed by atoms with E-state index in [1.807, 2.05) is 6.07 Å². The zero-order chi connectivity index (χ0) is 14.7. The van der Waals surface area contributed by atoms with Gasteiger partial charge in [-0.1, -0.05) is 0 Å². The van der Waals surface area contributed by atoms with Gasteiger partial charge in [0.15, 0.2) is 0 Å². The summed E-state index contributed by atoms with van der Waals surface area (Å²) >= 11 is 0. The highest BCUT2D eigenvalue weighted by atomic mass is 19.1. The summed E-state index contributed by atoms with van der Waals surface area (Å²) in [5.41, 5.74) is 6.63. The van der Waals surface area contributed by atoms with Crippen molar-refractivity contribution in [2.24, 2.45) is 0 Å². The van der Waals surface area contributed by atoms with Crippen LogP contribution in [0.25, 0.3) is 0 Å². The first-order valence-corrected chi connectivity index (χ1v) is 5.61. The highest BCUT2D eigenvalue weighted by Gasteiger charge is 2.09. The Kier molecular flexibility index (Phi) is 3.53. The van der Waals surface area contributed by atoms with E-state index in [2.05, 4.69) is 5.32 Å². The number of nitrogens with zero attached hydrogens (tertiary/aromatic N) is 1.